The van der Waals surface area contributed by atoms with E-state index in [9.17, 15) is 4.79 Å². The Morgan fingerprint density at radius 3 is 2.73 bits per heavy atom. The number of hydrogen-bond donors (Lipinski definition) is 1. The van der Waals surface area contributed by atoms with Crippen LogP contribution in [0.15, 0.2) is 47.8 Å². The van der Waals surface area contributed by atoms with Crippen LogP contribution in [-0.2, 0) is 17.6 Å². The van der Waals surface area contributed by atoms with Gasteiger partial charge in [-0.15, -0.1) is 21.5 Å². The molecule has 0 bridgehead atoms. The first-order valence-electron chi connectivity index (χ1n) is 6.98. The van der Waals surface area contributed by atoms with Crippen molar-refractivity contribution in [3.05, 3.63) is 63.3 Å². The van der Waals surface area contributed by atoms with E-state index in [1.807, 2.05) is 35.7 Å². The molecule has 0 unspecified atom stereocenters. The van der Waals surface area contributed by atoms with Crippen molar-refractivity contribution in [3.8, 4) is 0 Å². The number of rotatable bonds is 6. The number of benzene rings is 1. The summed E-state index contributed by atoms with van der Waals surface area (Å²) >= 11 is 3.10. The van der Waals surface area contributed by atoms with E-state index in [4.69, 9.17) is 0 Å². The standard InChI is InChI=1S/C16H15N3OS2/c20-14(9-8-13-7-4-10-21-13)17-16-19-18-15(22-16)11-12-5-2-1-3-6-12/h1-7,10H,8-9,11H2,(H,17,19,20). The number of carbonyl (C=O) groups is 1. The van der Waals surface area contributed by atoms with Gasteiger partial charge >= 0.3 is 0 Å². The van der Waals surface area contributed by atoms with E-state index in [0.717, 1.165) is 17.8 Å². The van der Waals surface area contributed by atoms with Crippen molar-refractivity contribution in [3.63, 3.8) is 0 Å². The van der Waals surface area contributed by atoms with Crippen LogP contribution >= 0.6 is 22.7 Å². The second kappa shape index (κ2) is 7.29. The topological polar surface area (TPSA) is 54.9 Å². The van der Waals surface area contributed by atoms with Crippen molar-refractivity contribution in [1.82, 2.24) is 10.2 Å². The van der Waals surface area contributed by atoms with Gasteiger partial charge in [0, 0.05) is 17.7 Å². The maximum atomic E-state index is 11.9. The van der Waals surface area contributed by atoms with Gasteiger partial charge in [0.1, 0.15) is 5.01 Å². The summed E-state index contributed by atoms with van der Waals surface area (Å²) in [4.78, 5) is 13.1. The Morgan fingerprint density at radius 1 is 1.09 bits per heavy atom. The molecule has 3 aromatic rings. The molecule has 2 heterocycles. The Hall–Kier alpha value is -2.05. The lowest BCUT2D eigenvalue weighted by molar-refractivity contribution is -0.116. The zero-order valence-electron chi connectivity index (χ0n) is 11.9. The van der Waals surface area contributed by atoms with Gasteiger partial charge in [0.05, 0.1) is 0 Å². The third-order valence-corrected chi connectivity index (χ3v) is 4.86. The minimum Gasteiger partial charge on any atom is -0.301 e. The van der Waals surface area contributed by atoms with Gasteiger partial charge in [-0.1, -0.05) is 47.7 Å². The Labute approximate surface area is 136 Å². The maximum absolute atomic E-state index is 11.9. The van der Waals surface area contributed by atoms with Gasteiger partial charge in [0.2, 0.25) is 11.0 Å². The Kier molecular flexibility index (Phi) is 4.92. The first-order chi connectivity index (χ1) is 10.8. The average Bonchev–Trinajstić information content (AvgIpc) is 3.18. The molecule has 0 aliphatic rings. The van der Waals surface area contributed by atoms with Crippen LogP contribution in [0, 0.1) is 0 Å². The Balaban J connectivity index is 1.51. The molecule has 1 aromatic carbocycles. The number of thiophene rings is 1. The molecule has 0 saturated carbocycles. The van der Waals surface area contributed by atoms with Crippen molar-refractivity contribution in [2.24, 2.45) is 0 Å². The molecule has 112 valence electrons. The van der Waals surface area contributed by atoms with E-state index in [-0.39, 0.29) is 5.91 Å². The molecule has 0 atom stereocenters. The van der Waals surface area contributed by atoms with Crippen LogP contribution in [-0.4, -0.2) is 16.1 Å². The molecule has 1 amide bonds. The number of hydrogen-bond acceptors (Lipinski definition) is 5. The molecular weight excluding hydrogens is 314 g/mol. The highest BCUT2D eigenvalue weighted by molar-refractivity contribution is 7.15. The predicted molar refractivity (Wildman–Crippen MR) is 90.4 cm³/mol. The molecule has 6 heteroatoms. The fourth-order valence-corrected chi connectivity index (χ4v) is 3.52. The molecule has 1 N–H and O–H groups in total. The second-order valence-corrected chi connectivity index (χ2v) is 6.89. The normalized spacial score (nSPS) is 10.5. The summed E-state index contributed by atoms with van der Waals surface area (Å²) < 4.78 is 0. The minimum absolute atomic E-state index is 0.0178. The van der Waals surface area contributed by atoms with Gasteiger partial charge in [0.15, 0.2) is 0 Å². The second-order valence-electron chi connectivity index (χ2n) is 4.79. The van der Waals surface area contributed by atoms with Crippen molar-refractivity contribution in [2.75, 3.05) is 5.32 Å². The smallest absolute Gasteiger partial charge is 0.226 e. The minimum atomic E-state index is -0.0178. The Morgan fingerprint density at radius 2 is 1.95 bits per heavy atom. The molecule has 4 nitrogen and oxygen atoms in total. The molecule has 0 saturated heterocycles. The number of aryl methyl sites for hydroxylation is 1. The molecule has 22 heavy (non-hydrogen) atoms. The molecule has 3 rings (SSSR count). The summed E-state index contributed by atoms with van der Waals surface area (Å²) in [5.41, 5.74) is 1.19. The lowest BCUT2D eigenvalue weighted by atomic mass is 10.2. The highest BCUT2D eigenvalue weighted by Gasteiger charge is 2.09. The van der Waals surface area contributed by atoms with Crippen LogP contribution in [0.3, 0.4) is 0 Å². The summed E-state index contributed by atoms with van der Waals surface area (Å²) in [6.45, 7) is 0. The first kappa shape index (κ1) is 14.9. The summed E-state index contributed by atoms with van der Waals surface area (Å²) in [5, 5.41) is 14.5. The summed E-state index contributed by atoms with van der Waals surface area (Å²) in [6, 6.07) is 14.1. The van der Waals surface area contributed by atoms with Crippen molar-refractivity contribution in [2.45, 2.75) is 19.3 Å². The summed E-state index contributed by atoms with van der Waals surface area (Å²) in [5.74, 6) is -0.0178. The summed E-state index contributed by atoms with van der Waals surface area (Å²) in [7, 11) is 0. The van der Waals surface area contributed by atoms with E-state index < -0.39 is 0 Å². The molecule has 2 aromatic heterocycles. The van der Waals surface area contributed by atoms with E-state index in [2.05, 4.69) is 27.6 Å². The van der Waals surface area contributed by atoms with Gasteiger partial charge in [0.25, 0.3) is 0 Å². The van der Waals surface area contributed by atoms with Crippen LogP contribution < -0.4 is 5.32 Å². The number of amides is 1. The van der Waals surface area contributed by atoms with Gasteiger partial charge in [-0.25, -0.2) is 0 Å². The van der Waals surface area contributed by atoms with Crippen molar-refractivity contribution >= 4 is 33.7 Å². The van der Waals surface area contributed by atoms with Crippen molar-refractivity contribution < 1.29 is 4.79 Å². The third-order valence-electron chi connectivity index (χ3n) is 3.09. The van der Waals surface area contributed by atoms with E-state index in [1.54, 1.807) is 11.3 Å². The highest BCUT2D eigenvalue weighted by Crippen LogP contribution is 2.19. The zero-order chi connectivity index (χ0) is 15.2. The number of carbonyl (C=O) groups excluding carboxylic acids is 1. The molecule has 0 fully saturated rings. The highest BCUT2D eigenvalue weighted by atomic mass is 32.1. The van der Waals surface area contributed by atoms with E-state index in [1.165, 1.54) is 21.8 Å². The number of nitrogens with zero attached hydrogens (tertiary/aromatic N) is 2. The Bertz CT molecular complexity index is 723. The van der Waals surface area contributed by atoms with E-state index >= 15 is 0 Å². The monoisotopic (exact) mass is 329 g/mol. The number of nitrogens with one attached hydrogen (secondary N) is 1. The first-order valence-corrected chi connectivity index (χ1v) is 8.68. The van der Waals surface area contributed by atoms with Crippen molar-refractivity contribution in [1.29, 1.82) is 0 Å². The largest absolute Gasteiger partial charge is 0.301 e. The van der Waals surface area contributed by atoms with Gasteiger partial charge in [-0.05, 0) is 23.4 Å². The molecular formula is C16H15N3OS2. The SMILES string of the molecule is O=C(CCc1cccs1)Nc1nnc(Cc2ccccc2)s1. The maximum Gasteiger partial charge on any atom is 0.226 e. The fourth-order valence-electron chi connectivity index (χ4n) is 2.02. The van der Waals surface area contributed by atoms with Crippen LogP contribution in [0.5, 0.6) is 0 Å². The number of anilines is 1. The van der Waals surface area contributed by atoms with Crippen LogP contribution in [0.1, 0.15) is 21.9 Å². The average molecular weight is 329 g/mol. The number of aromatic nitrogens is 2. The molecule has 0 aliphatic heterocycles. The van der Waals surface area contributed by atoms with Gasteiger partial charge in [-0.3, -0.25) is 4.79 Å². The van der Waals surface area contributed by atoms with Crippen LogP contribution in [0.4, 0.5) is 5.13 Å². The summed E-state index contributed by atoms with van der Waals surface area (Å²) in [6.07, 6.45) is 1.97. The molecule has 0 spiro atoms. The fraction of sp³-hybridized carbons (Fsp3) is 0.188. The lowest BCUT2D eigenvalue weighted by Gasteiger charge is -1.99. The van der Waals surface area contributed by atoms with Crippen LogP contribution in [0.2, 0.25) is 0 Å². The molecule has 0 aliphatic carbocycles. The quantitative estimate of drug-likeness (QED) is 0.749. The van der Waals surface area contributed by atoms with Gasteiger partial charge in [-0.2, -0.15) is 0 Å². The molecule has 0 radical (unpaired) electrons. The van der Waals surface area contributed by atoms with Crippen LogP contribution in [0.25, 0.3) is 0 Å². The lowest BCUT2D eigenvalue weighted by Crippen LogP contribution is -2.11. The zero-order valence-corrected chi connectivity index (χ0v) is 13.5. The van der Waals surface area contributed by atoms with E-state index in [0.29, 0.717) is 11.6 Å². The van der Waals surface area contributed by atoms with Gasteiger partial charge < -0.3 is 5.32 Å². The third kappa shape index (κ3) is 4.22. The predicted octanol–water partition coefficient (Wildman–Crippen LogP) is 3.76.